The first-order chi connectivity index (χ1) is 7.34. The second kappa shape index (κ2) is 7.05. The fourth-order valence-corrected chi connectivity index (χ4v) is 1.33. The maximum absolute atomic E-state index is 11.6. The highest BCUT2D eigenvalue weighted by molar-refractivity contribution is 5.74. The summed E-state index contributed by atoms with van der Waals surface area (Å²) in [5, 5.41) is 17.6. The number of rotatable bonds is 6. The largest absolute Gasteiger partial charge is 0.481 e. The van der Waals surface area contributed by atoms with Gasteiger partial charge in [0.25, 0.3) is 0 Å². The lowest BCUT2D eigenvalue weighted by Gasteiger charge is -2.25. The Balaban J connectivity index is 3.93. The fourth-order valence-electron chi connectivity index (χ4n) is 1.33. The first-order valence-corrected chi connectivity index (χ1v) is 5.20. The van der Waals surface area contributed by atoms with Crippen LogP contribution < -0.4 is 0 Å². The van der Waals surface area contributed by atoms with Crippen LogP contribution >= 0.6 is 0 Å². The summed E-state index contributed by atoms with van der Waals surface area (Å²) < 4.78 is 0. The zero-order valence-corrected chi connectivity index (χ0v) is 10.0. The smallest absolute Gasteiger partial charge is 0.319 e. The molecule has 16 heavy (non-hydrogen) atoms. The summed E-state index contributed by atoms with van der Waals surface area (Å²) in [4.78, 5) is 24.8. The monoisotopic (exact) mass is 232 g/mol. The van der Waals surface area contributed by atoms with Crippen molar-refractivity contribution >= 4 is 12.0 Å². The van der Waals surface area contributed by atoms with Crippen LogP contribution in [0.1, 0.15) is 19.8 Å². The molecule has 0 aliphatic heterocycles. The van der Waals surface area contributed by atoms with E-state index >= 15 is 0 Å². The molecule has 0 radical (unpaired) electrons. The van der Waals surface area contributed by atoms with Crippen molar-refractivity contribution in [1.82, 2.24) is 9.80 Å². The lowest BCUT2D eigenvalue weighted by atomic mass is 10.3. The van der Waals surface area contributed by atoms with Crippen LogP contribution in [0.3, 0.4) is 0 Å². The van der Waals surface area contributed by atoms with Crippen LogP contribution in [0.15, 0.2) is 0 Å². The van der Waals surface area contributed by atoms with Gasteiger partial charge >= 0.3 is 12.0 Å². The minimum absolute atomic E-state index is 0.0533. The predicted molar refractivity (Wildman–Crippen MR) is 59.2 cm³/mol. The minimum Gasteiger partial charge on any atom is -0.481 e. The molecule has 94 valence electrons. The topological polar surface area (TPSA) is 81.1 Å². The number of aliphatic hydroxyl groups is 1. The second-order valence-electron chi connectivity index (χ2n) is 3.93. The third kappa shape index (κ3) is 6.23. The molecule has 0 aliphatic rings. The van der Waals surface area contributed by atoms with Crippen molar-refractivity contribution in [3.63, 3.8) is 0 Å². The molecule has 6 nitrogen and oxygen atoms in total. The molecule has 2 N–H and O–H groups in total. The van der Waals surface area contributed by atoms with Gasteiger partial charge in [0, 0.05) is 33.6 Å². The summed E-state index contributed by atoms with van der Waals surface area (Å²) in [6.07, 6.45) is -0.0842. The van der Waals surface area contributed by atoms with Gasteiger partial charge in [-0.15, -0.1) is 0 Å². The number of aliphatic carboxylic acids is 1. The van der Waals surface area contributed by atoms with Crippen LogP contribution in [-0.4, -0.2) is 65.3 Å². The number of carboxylic acid groups (broad SMARTS) is 1. The number of likely N-dealkylation sites (N-methyl/N-ethyl adjacent to an activating group) is 1. The van der Waals surface area contributed by atoms with Crippen LogP contribution in [0.5, 0.6) is 0 Å². The molecule has 0 aromatic heterocycles. The molecule has 0 aromatic rings. The van der Waals surface area contributed by atoms with E-state index in [0.717, 1.165) is 0 Å². The van der Waals surface area contributed by atoms with Crippen molar-refractivity contribution in [2.75, 3.05) is 27.2 Å². The number of amides is 2. The average Bonchev–Trinajstić information content (AvgIpc) is 2.14. The number of hydrogen-bond acceptors (Lipinski definition) is 3. The van der Waals surface area contributed by atoms with Crippen LogP contribution in [0.25, 0.3) is 0 Å². The molecular weight excluding hydrogens is 212 g/mol. The number of carboxylic acids is 1. The molecule has 0 heterocycles. The van der Waals surface area contributed by atoms with Gasteiger partial charge in [0.05, 0.1) is 6.10 Å². The average molecular weight is 232 g/mol. The maximum atomic E-state index is 11.6. The van der Waals surface area contributed by atoms with E-state index in [1.807, 2.05) is 0 Å². The SMILES string of the molecule is CC(O)CN(C)C(=O)N(C)CCCC(=O)O. The quantitative estimate of drug-likeness (QED) is 0.686. The van der Waals surface area contributed by atoms with E-state index in [4.69, 9.17) is 10.2 Å². The summed E-state index contributed by atoms with van der Waals surface area (Å²) in [6, 6.07) is -0.216. The standard InChI is InChI=1S/C10H20N2O4/c1-8(13)7-12(3)10(16)11(2)6-4-5-9(14)15/h8,13H,4-7H2,1-3H3,(H,14,15). The normalized spacial score (nSPS) is 12.0. The molecule has 0 fully saturated rings. The van der Waals surface area contributed by atoms with E-state index in [0.29, 0.717) is 13.0 Å². The highest BCUT2D eigenvalue weighted by Crippen LogP contribution is 1.99. The highest BCUT2D eigenvalue weighted by Gasteiger charge is 2.15. The first kappa shape index (κ1) is 14.7. The van der Waals surface area contributed by atoms with Crippen LogP contribution in [-0.2, 0) is 4.79 Å². The van der Waals surface area contributed by atoms with E-state index in [1.165, 1.54) is 9.80 Å². The number of hydrogen-bond donors (Lipinski definition) is 2. The van der Waals surface area contributed by atoms with Crippen molar-refractivity contribution < 1.29 is 19.8 Å². The van der Waals surface area contributed by atoms with Gasteiger partial charge in [0.1, 0.15) is 0 Å². The molecule has 0 saturated carbocycles. The third-order valence-corrected chi connectivity index (χ3v) is 2.08. The molecule has 2 amide bonds. The van der Waals surface area contributed by atoms with Crippen LogP contribution in [0.2, 0.25) is 0 Å². The Morgan fingerprint density at radius 1 is 1.25 bits per heavy atom. The van der Waals surface area contributed by atoms with Gasteiger partial charge in [-0.2, -0.15) is 0 Å². The molecule has 0 aliphatic carbocycles. The second-order valence-corrected chi connectivity index (χ2v) is 3.93. The molecule has 0 saturated heterocycles. The molecule has 6 heteroatoms. The van der Waals surface area contributed by atoms with Gasteiger partial charge < -0.3 is 20.0 Å². The van der Waals surface area contributed by atoms with Gasteiger partial charge in [0.15, 0.2) is 0 Å². The molecular formula is C10H20N2O4. The number of carbonyl (C=O) groups excluding carboxylic acids is 1. The number of urea groups is 1. The summed E-state index contributed by atoms with van der Waals surface area (Å²) >= 11 is 0. The maximum Gasteiger partial charge on any atom is 0.319 e. The summed E-state index contributed by atoms with van der Waals surface area (Å²) in [7, 11) is 3.21. The summed E-state index contributed by atoms with van der Waals surface area (Å²) in [5.74, 6) is -0.863. The van der Waals surface area contributed by atoms with Crippen molar-refractivity contribution in [3.05, 3.63) is 0 Å². The lowest BCUT2D eigenvalue weighted by Crippen LogP contribution is -2.42. The predicted octanol–water partition coefficient (Wildman–Crippen LogP) is 0.216. The summed E-state index contributed by atoms with van der Waals surface area (Å²) in [5.41, 5.74) is 0. The van der Waals surface area contributed by atoms with E-state index < -0.39 is 12.1 Å². The van der Waals surface area contributed by atoms with Crippen molar-refractivity contribution in [2.24, 2.45) is 0 Å². The molecule has 0 rings (SSSR count). The van der Waals surface area contributed by atoms with E-state index in [1.54, 1.807) is 21.0 Å². The molecule has 0 aromatic carbocycles. The Labute approximate surface area is 95.5 Å². The molecule has 1 unspecified atom stereocenters. The summed E-state index contributed by atoms with van der Waals surface area (Å²) in [6.45, 7) is 2.27. The van der Waals surface area contributed by atoms with Gasteiger partial charge in [-0.3, -0.25) is 4.79 Å². The Kier molecular flexibility index (Phi) is 6.48. The van der Waals surface area contributed by atoms with Crippen LogP contribution in [0.4, 0.5) is 4.79 Å². The lowest BCUT2D eigenvalue weighted by molar-refractivity contribution is -0.137. The molecule has 0 spiro atoms. The van der Waals surface area contributed by atoms with Crippen molar-refractivity contribution in [1.29, 1.82) is 0 Å². The van der Waals surface area contributed by atoms with Crippen molar-refractivity contribution in [2.45, 2.75) is 25.9 Å². The Bertz CT molecular complexity index is 243. The first-order valence-electron chi connectivity index (χ1n) is 5.20. The van der Waals surface area contributed by atoms with E-state index in [-0.39, 0.29) is 19.0 Å². The van der Waals surface area contributed by atoms with E-state index in [2.05, 4.69) is 0 Å². The van der Waals surface area contributed by atoms with Gasteiger partial charge in [-0.05, 0) is 13.3 Å². The Morgan fingerprint density at radius 2 is 1.81 bits per heavy atom. The Morgan fingerprint density at radius 3 is 2.25 bits per heavy atom. The zero-order chi connectivity index (χ0) is 12.7. The zero-order valence-electron chi connectivity index (χ0n) is 10.0. The number of carbonyl (C=O) groups is 2. The molecule has 1 atom stereocenters. The minimum atomic E-state index is -0.863. The van der Waals surface area contributed by atoms with Crippen LogP contribution in [0, 0.1) is 0 Å². The highest BCUT2D eigenvalue weighted by atomic mass is 16.4. The van der Waals surface area contributed by atoms with Gasteiger partial charge in [-0.1, -0.05) is 0 Å². The molecule has 0 bridgehead atoms. The third-order valence-electron chi connectivity index (χ3n) is 2.08. The Hall–Kier alpha value is -1.30. The van der Waals surface area contributed by atoms with Gasteiger partial charge in [0.2, 0.25) is 0 Å². The number of nitrogens with zero attached hydrogens (tertiary/aromatic N) is 2. The van der Waals surface area contributed by atoms with Crippen molar-refractivity contribution in [3.8, 4) is 0 Å². The van der Waals surface area contributed by atoms with E-state index in [9.17, 15) is 9.59 Å². The number of aliphatic hydroxyl groups excluding tert-OH is 1. The fraction of sp³-hybridized carbons (Fsp3) is 0.800. The van der Waals surface area contributed by atoms with Gasteiger partial charge in [-0.25, -0.2) is 4.79 Å².